The van der Waals surface area contributed by atoms with Crippen LogP contribution in [0.5, 0.6) is 0 Å². The van der Waals surface area contributed by atoms with Crippen molar-refractivity contribution in [2.24, 2.45) is 0 Å². The van der Waals surface area contributed by atoms with Crippen molar-refractivity contribution in [3.63, 3.8) is 0 Å². The minimum atomic E-state index is -3.32. The third-order valence-electron chi connectivity index (χ3n) is 4.69. The van der Waals surface area contributed by atoms with Crippen molar-refractivity contribution in [2.45, 2.75) is 10.8 Å². The van der Waals surface area contributed by atoms with Gasteiger partial charge in [-0.3, -0.25) is 4.90 Å². The summed E-state index contributed by atoms with van der Waals surface area (Å²) >= 11 is 1.29. The van der Waals surface area contributed by atoms with E-state index >= 15 is 0 Å². The molecule has 1 aliphatic rings. The molecule has 25 heavy (non-hydrogen) atoms. The molecular formula is C19H20N2O2S2. The van der Waals surface area contributed by atoms with Gasteiger partial charge < -0.3 is 0 Å². The molecule has 0 radical (unpaired) electrons. The average molecular weight is 373 g/mol. The van der Waals surface area contributed by atoms with E-state index in [0.29, 0.717) is 17.3 Å². The van der Waals surface area contributed by atoms with E-state index in [-0.39, 0.29) is 0 Å². The zero-order chi connectivity index (χ0) is 17.3. The van der Waals surface area contributed by atoms with Crippen molar-refractivity contribution in [1.82, 2.24) is 9.21 Å². The van der Waals surface area contributed by atoms with Crippen LogP contribution in [0.2, 0.25) is 0 Å². The minimum Gasteiger partial charge on any atom is -0.296 e. The van der Waals surface area contributed by atoms with Crippen LogP contribution in [-0.4, -0.2) is 43.8 Å². The van der Waals surface area contributed by atoms with Crippen molar-refractivity contribution in [1.29, 1.82) is 0 Å². The lowest BCUT2D eigenvalue weighted by Gasteiger charge is -2.33. The number of piperazine rings is 1. The summed E-state index contributed by atoms with van der Waals surface area (Å²) in [5.41, 5.74) is 1.30. The first-order valence-corrected chi connectivity index (χ1v) is 10.7. The Bertz CT molecular complexity index is 955. The van der Waals surface area contributed by atoms with Gasteiger partial charge in [0.05, 0.1) is 0 Å². The molecule has 0 spiro atoms. The maximum atomic E-state index is 12.6. The van der Waals surface area contributed by atoms with Gasteiger partial charge in [0, 0.05) is 32.7 Å². The van der Waals surface area contributed by atoms with E-state index in [4.69, 9.17) is 0 Å². The molecule has 6 heteroatoms. The molecular weight excluding hydrogens is 352 g/mol. The maximum absolute atomic E-state index is 12.6. The van der Waals surface area contributed by atoms with Gasteiger partial charge in [0.1, 0.15) is 4.21 Å². The SMILES string of the molecule is O=S(=O)(c1cccs1)N1CCN(Cc2cccc3ccccc23)CC1. The van der Waals surface area contributed by atoms with Gasteiger partial charge in [-0.1, -0.05) is 48.5 Å². The predicted molar refractivity (Wildman–Crippen MR) is 102 cm³/mol. The topological polar surface area (TPSA) is 40.6 Å². The molecule has 0 unspecified atom stereocenters. The molecule has 1 fully saturated rings. The highest BCUT2D eigenvalue weighted by atomic mass is 32.2. The van der Waals surface area contributed by atoms with Crippen molar-refractivity contribution in [3.8, 4) is 0 Å². The third-order valence-corrected chi connectivity index (χ3v) is 7.97. The highest BCUT2D eigenvalue weighted by Gasteiger charge is 2.29. The largest absolute Gasteiger partial charge is 0.296 e. The monoisotopic (exact) mass is 372 g/mol. The number of fused-ring (bicyclic) bond motifs is 1. The molecule has 1 aromatic heterocycles. The standard InChI is InChI=1S/C19H20N2O2S2/c22-25(23,19-9-4-14-24-19)21-12-10-20(11-13-21)15-17-7-3-6-16-5-1-2-8-18(16)17/h1-9,14H,10-13,15H2. The number of benzene rings is 2. The Balaban J connectivity index is 1.46. The van der Waals surface area contributed by atoms with Gasteiger partial charge in [0.2, 0.25) is 0 Å². The maximum Gasteiger partial charge on any atom is 0.252 e. The van der Waals surface area contributed by atoms with Crippen LogP contribution >= 0.6 is 11.3 Å². The van der Waals surface area contributed by atoms with Gasteiger partial charge in [-0.2, -0.15) is 4.31 Å². The Hall–Kier alpha value is -1.73. The lowest BCUT2D eigenvalue weighted by Crippen LogP contribution is -2.48. The fourth-order valence-electron chi connectivity index (χ4n) is 3.34. The third kappa shape index (κ3) is 3.35. The van der Waals surface area contributed by atoms with Crippen LogP contribution in [0.1, 0.15) is 5.56 Å². The summed E-state index contributed by atoms with van der Waals surface area (Å²) in [7, 11) is -3.32. The van der Waals surface area contributed by atoms with Gasteiger partial charge in [0.15, 0.2) is 0 Å². The van der Waals surface area contributed by atoms with Crippen LogP contribution in [0.15, 0.2) is 64.2 Å². The van der Waals surface area contributed by atoms with Gasteiger partial charge >= 0.3 is 0 Å². The first-order chi connectivity index (χ1) is 12.1. The zero-order valence-corrected chi connectivity index (χ0v) is 15.5. The Kier molecular flexibility index (Phi) is 4.60. The molecule has 0 bridgehead atoms. The second-order valence-corrected chi connectivity index (χ2v) is 9.36. The van der Waals surface area contributed by atoms with Crippen LogP contribution < -0.4 is 0 Å². The second kappa shape index (κ2) is 6.88. The summed E-state index contributed by atoms with van der Waals surface area (Å²) < 4.78 is 27.3. The molecule has 0 aliphatic carbocycles. The number of hydrogen-bond acceptors (Lipinski definition) is 4. The molecule has 1 saturated heterocycles. The first-order valence-electron chi connectivity index (χ1n) is 8.37. The fraction of sp³-hybridized carbons (Fsp3) is 0.263. The Labute approximate surface area is 152 Å². The average Bonchev–Trinajstić information content (AvgIpc) is 3.18. The van der Waals surface area contributed by atoms with Crippen molar-refractivity contribution in [3.05, 3.63) is 65.5 Å². The molecule has 0 N–H and O–H groups in total. The van der Waals surface area contributed by atoms with Gasteiger partial charge in [-0.15, -0.1) is 11.3 Å². The van der Waals surface area contributed by atoms with Crippen molar-refractivity contribution in [2.75, 3.05) is 26.2 Å². The molecule has 4 rings (SSSR count). The molecule has 4 nitrogen and oxygen atoms in total. The molecule has 2 aromatic carbocycles. The molecule has 130 valence electrons. The predicted octanol–water partition coefficient (Wildman–Crippen LogP) is 3.41. The Morgan fingerprint density at radius 2 is 1.64 bits per heavy atom. The van der Waals surface area contributed by atoms with Gasteiger partial charge in [0.25, 0.3) is 10.0 Å². The molecule has 3 aromatic rings. The molecule has 0 atom stereocenters. The minimum absolute atomic E-state index is 0.440. The van der Waals surface area contributed by atoms with Gasteiger partial charge in [-0.25, -0.2) is 8.42 Å². The van der Waals surface area contributed by atoms with E-state index in [2.05, 4.69) is 47.4 Å². The van der Waals surface area contributed by atoms with Crippen molar-refractivity contribution >= 4 is 32.1 Å². The van der Waals surface area contributed by atoms with Crippen LogP contribution in [0.3, 0.4) is 0 Å². The van der Waals surface area contributed by atoms with E-state index < -0.39 is 10.0 Å². The van der Waals surface area contributed by atoms with Crippen LogP contribution in [0.25, 0.3) is 10.8 Å². The number of rotatable bonds is 4. The lowest BCUT2D eigenvalue weighted by atomic mass is 10.0. The molecule has 1 aliphatic heterocycles. The van der Waals surface area contributed by atoms with Gasteiger partial charge in [-0.05, 0) is 27.8 Å². The normalized spacial score (nSPS) is 17.1. The van der Waals surface area contributed by atoms with Crippen molar-refractivity contribution < 1.29 is 8.42 Å². The number of nitrogens with zero attached hydrogens (tertiary/aromatic N) is 2. The van der Waals surface area contributed by atoms with E-state index in [9.17, 15) is 8.42 Å². The zero-order valence-electron chi connectivity index (χ0n) is 13.8. The Morgan fingerprint density at radius 1 is 0.880 bits per heavy atom. The summed E-state index contributed by atoms with van der Waals surface area (Å²) in [5, 5.41) is 4.33. The molecule has 2 heterocycles. The second-order valence-electron chi connectivity index (χ2n) is 6.25. The summed E-state index contributed by atoms with van der Waals surface area (Å²) in [4.78, 5) is 2.34. The number of hydrogen-bond donors (Lipinski definition) is 0. The number of sulfonamides is 1. The lowest BCUT2D eigenvalue weighted by molar-refractivity contribution is 0.182. The molecule has 0 amide bonds. The summed E-state index contributed by atoms with van der Waals surface area (Å²) in [6, 6.07) is 18.3. The van der Waals surface area contributed by atoms with E-state index in [1.54, 1.807) is 16.4 Å². The summed E-state index contributed by atoms with van der Waals surface area (Å²) in [5.74, 6) is 0. The Morgan fingerprint density at radius 3 is 2.40 bits per heavy atom. The first kappa shape index (κ1) is 16.7. The quantitative estimate of drug-likeness (QED) is 0.705. The van der Waals surface area contributed by atoms with Crippen LogP contribution in [0.4, 0.5) is 0 Å². The van der Waals surface area contributed by atoms with Crippen LogP contribution in [0, 0.1) is 0 Å². The van der Waals surface area contributed by atoms with E-state index in [1.807, 2.05) is 5.38 Å². The highest BCUT2D eigenvalue weighted by molar-refractivity contribution is 7.91. The number of thiophene rings is 1. The van der Waals surface area contributed by atoms with E-state index in [0.717, 1.165) is 19.6 Å². The smallest absolute Gasteiger partial charge is 0.252 e. The van der Waals surface area contributed by atoms with Crippen LogP contribution in [-0.2, 0) is 16.6 Å². The van der Waals surface area contributed by atoms with E-state index in [1.165, 1.54) is 27.7 Å². The summed E-state index contributed by atoms with van der Waals surface area (Å²) in [6.45, 7) is 3.46. The summed E-state index contributed by atoms with van der Waals surface area (Å²) in [6.07, 6.45) is 0. The molecule has 0 saturated carbocycles. The fourth-order valence-corrected chi connectivity index (χ4v) is 5.90. The highest BCUT2D eigenvalue weighted by Crippen LogP contribution is 2.24.